The number of thiazole rings is 1. The molecule has 1 amide bonds. The van der Waals surface area contributed by atoms with Crippen molar-refractivity contribution in [2.24, 2.45) is 0 Å². The number of nitrogens with one attached hydrogen (secondary N) is 1. The van der Waals surface area contributed by atoms with E-state index < -0.39 is 0 Å². The van der Waals surface area contributed by atoms with Gasteiger partial charge >= 0.3 is 0 Å². The predicted octanol–water partition coefficient (Wildman–Crippen LogP) is 2.04. The molecule has 2 heterocycles. The summed E-state index contributed by atoms with van der Waals surface area (Å²) in [6.07, 6.45) is 3.19. The molecule has 0 spiro atoms. The van der Waals surface area contributed by atoms with Crippen LogP contribution in [0.25, 0.3) is 0 Å². The van der Waals surface area contributed by atoms with Gasteiger partial charge in [-0.1, -0.05) is 0 Å². The molecular formula is C13H15N3O2S. The van der Waals surface area contributed by atoms with Crippen LogP contribution in [0.4, 0.5) is 0 Å². The maximum absolute atomic E-state index is 11.8. The van der Waals surface area contributed by atoms with Crippen LogP contribution in [0.2, 0.25) is 0 Å². The van der Waals surface area contributed by atoms with Gasteiger partial charge in [0.05, 0.1) is 17.7 Å². The quantitative estimate of drug-likeness (QED) is 0.908. The van der Waals surface area contributed by atoms with E-state index in [9.17, 15) is 4.79 Å². The third-order valence-corrected chi connectivity index (χ3v) is 3.15. The topological polar surface area (TPSA) is 64.1 Å². The zero-order chi connectivity index (χ0) is 13.7. The molecule has 0 aliphatic carbocycles. The van der Waals surface area contributed by atoms with Crippen LogP contribution in [0.5, 0.6) is 5.75 Å². The van der Waals surface area contributed by atoms with Crippen LogP contribution in [-0.4, -0.2) is 28.5 Å². The number of pyridine rings is 1. The Bertz CT molecular complexity index is 542. The fraction of sp³-hybridized carbons (Fsp3) is 0.308. The van der Waals surface area contributed by atoms with Crippen molar-refractivity contribution >= 4 is 17.2 Å². The number of nitrogens with zero attached hydrogens (tertiary/aromatic N) is 2. The summed E-state index contributed by atoms with van der Waals surface area (Å²) in [5, 5.41) is 5.42. The van der Waals surface area contributed by atoms with Gasteiger partial charge in [-0.05, 0) is 26.0 Å². The number of aryl methyl sites for hydroxylation is 1. The molecule has 1 N–H and O–H groups in total. The van der Waals surface area contributed by atoms with E-state index in [4.69, 9.17) is 4.74 Å². The zero-order valence-corrected chi connectivity index (χ0v) is 11.6. The minimum Gasteiger partial charge on any atom is -0.487 e. The Labute approximate surface area is 115 Å². The van der Waals surface area contributed by atoms with Crippen LogP contribution in [0.15, 0.2) is 29.9 Å². The third-order valence-electron chi connectivity index (χ3n) is 2.37. The molecule has 0 saturated heterocycles. The predicted molar refractivity (Wildman–Crippen MR) is 73.5 cm³/mol. The molecule has 2 rings (SSSR count). The van der Waals surface area contributed by atoms with E-state index in [-0.39, 0.29) is 12.0 Å². The zero-order valence-electron chi connectivity index (χ0n) is 10.8. The number of ether oxygens (including phenoxy) is 1. The van der Waals surface area contributed by atoms with Gasteiger partial charge in [-0.15, -0.1) is 11.3 Å². The van der Waals surface area contributed by atoms with E-state index in [2.05, 4.69) is 15.3 Å². The first-order valence-corrected chi connectivity index (χ1v) is 6.80. The van der Waals surface area contributed by atoms with Gasteiger partial charge in [0.25, 0.3) is 5.91 Å². The Morgan fingerprint density at radius 1 is 1.58 bits per heavy atom. The van der Waals surface area contributed by atoms with Crippen molar-refractivity contribution in [1.82, 2.24) is 15.3 Å². The van der Waals surface area contributed by atoms with Gasteiger partial charge in [0, 0.05) is 11.6 Å². The van der Waals surface area contributed by atoms with Crippen LogP contribution in [-0.2, 0) is 0 Å². The van der Waals surface area contributed by atoms with Crippen molar-refractivity contribution < 1.29 is 9.53 Å². The molecule has 19 heavy (non-hydrogen) atoms. The van der Waals surface area contributed by atoms with E-state index in [1.807, 2.05) is 19.9 Å². The number of carbonyl (C=O) groups excluding carboxylic acids is 1. The Morgan fingerprint density at radius 2 is 2.42 bits per heavy atom. The number of hydrogen-bond donors (Lipinski definition) is 1. The van der Waals surface area contributed by atoms with Gasteiger partial charge in [0.1, 0.15) is 17.5 Å². The Balaban J connectivity index is 1.80. The van der Waals surface area contributed by atoms with Crippen molar-refractivity contribution in [3.63, 3.8) is 0 Å². The largest absolute Gasteiger partial charge is 0.487 e. The summed E-state index contributed by atoms with van der Waals surface area (Å²) in [5.41, 5.74) is 0.455. The molecule has 5 nitrogen and oxygen atoms in total. The summed E-state index contributed by atoms with van der Waals surface area (Å²) in [4.78, 5) is 19.9. The van der Waals surface area contributed by atoms with Crippen molar-refractivity contribution in [2.75, 3.05) is 6.54 Å². The van der Waals surface area contributed by atoms with E-state index in [0.717, 1.165) is 5.01 Å². The van der Waals surface area contributed by atoms with Crippen LogP contribution in [0.3, 0.4) is 0 Å². The summed E-state index contributed by atoms with van der Waals surface area (Å²) in [5.74, 6) is 0.514. The maximum Gasteiger partial charge on any atom is 0.270 e. The fourth-order valence-electron chi connectivity index (χ4n) is 1.49. The molecule has 0 bridgehead atoms. The van der Waals surface area contributed by atoms with Gasteiger partial charge in [-0.25, -0.2) is 4.98 Å². The van der Waals surface area contributed by atoms with Gasteiger partial charge in [-0.3, -0.25) is 9.78 Å². The Kier molecular flexibility index (Phi) is 4.46. The van der Waals surface area contributed by atoms with E-state index in [1.165, 1.54) is 11.3 Å². The molecule has 0 saturated carbocycles. The number of carbonyl (C=O) groups is 1. The molecule has 0 fully saturated rings. The molecule has 1 unspecified atom stereocenters. The second kappa shape index (κ2) is 6.29. The van der Waals surface area contributed by atoms with Gasteiger partial charge in [-0.2, -0.15) is 0 Å². The summed E-state index contributed by atoms with van der Waals surface area (Å²) < 4.78 is 5.61. The minimum atomic E-state index is -0.175. The average Bonchev–Trinajstić information content (AvgIpc) is 2.84. The molecule has 1 atom stereocenters. The molecule has 2 aromatic rings. The lowest BCUT2D eigenvalue weighted by Crippen LogP contribution is -2.33. The third kappa shape index (κ3) is 4.03. The summed E-state index contributed by atoms with van der Waals surface area (Å²) in [6.45, 7) is 4.18. The summed E-state index contributed by atoms with van der Waals surface area (Å²) >= 11 is 1.46. The van der Waals surface area contributed by atoms with Gasteiger partial charge in [0.15, 0.2) is 0 Å². The maximum atomic E-state index is 11.8. The number of amides is 1. The lowest BCUT2D eigenvalue weighted by molar-refractivity contribution is 0.0927. The first-order valence-electron chi connectivity index (χ1n) is 5.92. The first-order chi connectivity index (χ1) is 9.15. The number of aromatic nitrogens is 2. The first kappa shape index (κ1) is 13.5. The summed E-state index contributed by atoms with van der Waals surface area (Å²) in [7, 11) is 0. The van der Waals surface area contributed by atoms with Crippen LogP contribution >= 0.6 is 11.3 Å². The highest BCUT2D eigenvalue weighted by Crippen LogP contribution is 2.09. The molecule has 0 aliphatic heterocycles. The van der Waals surface area contributed by atoms with E-state index >= 15 is 0 Å². The normalized spacial score (nSPS) is 11.9. The second-order valence-electron chi connectivity index (χ2n) is 4.08. The van der Waals surface area contributed by atoms with Gasteiger partial charge < -0.3 is 10.1 Å². The highest BCUT2D eigenvalue weighted by molar-refractivity contribution is 7.09. The standard InChI is InChI=1S/C13H15N3O2S/c1-9(18-11-4-3-5-14-7-11)6-15-13(17)12-8-19-10(2)16-12/h3-5,7-9H,6H2,1-2H3,(H,15,17). The lowest BCUT2D eigenvalue weighted by Gasteiger charge is -2.14. The Morgan fingerprint density at radius 3 is 3.05 bits per heavy atom. The molecule has 2 aromatic heterocycles. The smallest absolute Gasteiger partial charge is 0.270 e. The van der Waals surface area contributed by atoms with Crippen LogP contribution in [0, 0.1) is 6.92 Å². The van der Waals surface area contributed by atoms with Crippen LogP contribution in [0.1, 0.15) is 22.4 Å². The van der Waals surface area contributed by atoms with Crippen molar-refractivity contribution in [3.05, 3.63) is 40.6 Å². The van der Waals surface area contributed by atoms with E-state index in [0.29, 0.717) is 18.0 Å². The molecule has 0 aliphatic rings. The second-order valence-corrected chi connectivity index (χ2v) is 5.14. The summed E-state index contributed by atoms with van der Waals surface area (Å²) in [6, 6.07) is 3.63. The molecule has 0 aromatic carbocycles. The highest BCUT2D eigenvalue weighted by Gasteiger charge is 2.11. The monoisotopic (exact) mass is 277 g/mol. The lowest BCUT2D eigenvalue weighted by atomic mass is 10.3. The SMILES string of the molecule is Cc1nc(C(=O)NCC(C)Oc2cccnc2)cs1. The molecular weight excluding hydrogens is 262 g/mol. The highest BCUT2D eigenvalue weighted by atomic mass is 32.1. The molecule has 6 heteroatoms. The van der Waals surface area contributed by atoms with E-state index in [1.54, 1.807) is 23.8 Å². The van der Waals surface area contributed by atoms with Crippen molar-refractivity contribution in [3.8, 4) is 5.75 Å². The van der Waals surface area contributed by atoms with Gasteiger partial charge in [0.2, 0.25) is 0 Å². The van der Waals surface area contributed by atoms with Crippen molar-refractivity contribution in [1.29, 1.82) is 0 Å². The van der Waals surface area contributed by atoms with Crippen LogP contribution < -0.4 is 10.1 Å². The number of rotatable bonds is 5. The molecule has 0 radical (unpaired) electrons. The Hall–Kier alpha value is -1.95. The fourth-order valence-corrected chi connectivity index (χ4v) is 2.08. The minimum absolute atomic E-state index is 0.132. The number of hydrogen-bond acceptors (Lipinski definition) is 5. The molecule has 100 valence electrons. The average molecular weight is 277 g/mol. The van der Waals surface area contributed by atoms with Crippen molar-refractivity contribution in [2.45, 2.75) is 20.0 Å².